The van der Waals surface area contributed by atoms with Crippen molar-refractivity contribution in [2.24, 2.45) is 0 Å². The number of ether oxygens (including phenoxy) is 1. The Kier molecular flexibility index (Phi) is 5.04. The molecule has 0 spiro atoms. The third kappa shape index (κ3) is 3.51. The average Bonchev–Trinajstić information content (AvgIpc) is 2.42. The van der Waals surface area contributed by atoms with E-state index in [2.05, 4.69) is 5.32 Å². The summed E-state index contributed by atoms with van der Waals surface area (Å²) in [6.45, 7) is 4.15. The van der Waals surface area contributed by atoms with Crippen LogP contribution in [0.5, 0.6) is 0 Å². The minimum atomic E-state index is -3.55. The minimum Gasteiger partial charge on any atom is -0.374 e. The maximum atomic E-state index is 12.6. The van der Waals surface area contributed by atoms with Crippen molar-refractivity contribution in [2.75, 3.05) is 33.3 Å². The van der Waals surface area contributed by atoms with Gasteiger partial charge in [-0.05, 0) is 24.6 Å². The molecule has 0 saturated carbocycles. The summed E-state index contributed by atoms with van der Waals surface area (Å²) >= 11 is 5.90. The summed E-state index contributed by atoms with van der Waals surface area (Å²) in [6, 6.07) is 4.88. The first kappa shape index (κ1) is 15.7. The van der Waals surface area contributed by atoms with Gasteiger partial charge in [0.05, 0.1) is 17.6 Å². The van der Waals surface area contributed by atoms with Gasteiger partial charge in [-0.25, -0.2) is 8.42 Å². The Morgan fingerprint density at radius 3 is 2.90 bits per heavy atom. The third-order valence-corrected chi connectivity index (χ3v) is 5.50. The molecule has 0 bridgehead atoms. The highest BCUT2D eigenvalue weighted by Crippen LogP contribution is 2.23. The number of benzene rings is 1. The first-order chi connectivity index (χ1) is 9.41. The number of aryl methyl sites for hydroxylation is 1. The Balaban J connectivity index is 2.18. The van der Waals surface area contributed by atoms with Crippen molar-refractivity contribution < 1.29 is 13.2 Å². The van der Waals surface area contributed by atoms with E-state index in [4.69, 9.17) is 16.3 Å². The van der Waals surface area contributed by atoms with Crippen LogP contribution in [-0.2, 0) is 14.8 Å². The molecule has 1 aromatic carbocycles. The van der Waals surface area contributed by atoms with E-state index >= 15 is 0 Å². The number of morpholine rings is 1. The Hall–Kier alpha value is -0.660. The summed E-state index contributed by atoms with van der Waals surface area (Å²) in [6.07, 6.45) is -0.122. The van der Waals surface area contributed by atoms with E-state index in [-0.39, 0.29) is 11.0 Å². The summed E-state index contributed by atoms with van der Waals surface area (Å²) in [5, 5.41) is 3.60. The van der Waals surface area contributed by atoms with Gasteiger partial charge in [0.1, 0.15) is 0 Å². The molecule has 0 amide bonds. The van der Waals surface area contributed by atoms with Gasteiger partial charge < -0.3 is 10.1 Å². The molecule has 5 nitrogen and oxygen atoms in total. The first-order valence-corrected chi connectivity index (χ1v) is 8.28. The second-order valence-corrected chi connectivity index (χ2v) is 7.34. The second-order valence-electron chi connectivity index (χ2n) is 4.89. The number of nitrogens with one attached hydrogen (secondary N) is 1. The highest BCUT2D eigenvalue weighted by Gasteiger charge is 2.26. The van der Waals surface area contributed by atoms with Crippen LogP contribution < -0.4 is 5.32 Å². The van der Waals surface area contributed by atoms with Gasteiger partial charge in [-0.2, -0.15) is 4.31 Å². The van der Waals surface area contributed by atoms with Gasteiger partial charge >= 0.3 is 0 Å². The van der Waals surface area contributed by atoms with Gasteiger partial charge in [0.15, 0.2) is 0 Å². The number of rotatable bonds is 4. The van der Waals surface area contributed by atoms with Crippen LogP contribution in [0.25, 0.3) is 0 Å². The summed E-state index contributed by atoms with van der Waals surface area (Å²) in [5.41, 5.74) is 0.684. The molecule has 0 aliphatic carbocycles. The smallest absolute Gasteiger partial charge is 0.243 e. The van der Waals surface area contributed by atoms with Gasteiger partial charge in [0.25, 0.3) is 0 Å². The molecule has 1 fully saturated rings. The lowest BCUT2D eigenvalue weighted by Gasteiger charge is -2.28. The van der Waals surface area contributed by atoms with Crippen molar-refractivity contribution in [2.45, 2.75) is 17.9 Å². The molecule has 1 atom stereocenters. The van der Waals surface area contributed by atoms with Crippen LogP contribution in [0, 0.1) is 6.92 Å². The lowest BCUT2D eigenvalue weighted by atomic mass is 10.2. The molecule has 1 aromatic rings. The van der Waals surface area contributed by atoms with Gasteiger partial charge in [-0.15, -0.1) is 0 Å². The van der Waals surface area contributed by atoms with Crippen molar-refractivity contribution in [3.05, 3.63) is 28.8 Å². The number of halogens is 1. The molecule has 1 N–H and O–H groups in total. The van der Waals surface area contributed by atoms with Crippen molar-refractivity contribution in [1.29, 1.82) is 0 Å². The predicted molar refractivity (Wildman–Crippen MR) is 78.6 cm³/mol. The largest absolute Gasteiger partial charge is 0.374 e. The Labute approximate surface area is 124 Å². The van der Waals surface area contributed by atoms with E-state index in [1.807, 2.05) is 0 Å². The van der Waals surface area contributed by atoms with E-state index in [0.717, 1.165) is 6.54 Å². The van der Waals surface area contributed by atoms with Crippen LogP contribution in [0.1, 0.15) is 5.56 Å². The highest BCUT2D eigenvalue weighted by molar-refractivity contribution is 7.89. The van der Waals surface area contributed by atoms with Gasteiger partial charge in [0.2, 0.25) is 10.0 Å². The maximum Gasteiger partial charge on any atom is 0.243 e. The Morgan fingerprint density at radius 1 is 1.50 bits per heavy atom. The van der Waals surface area contributed by atoms with Gasteiger partial charge in [-0.3, -0.25) is 0 Å². The fraction of sp³-hybridized carbons (Fsp3) is 0.538. The highest BCUT2D eigenvalue weighted by atomic mass is 35.5. The fourth-order valence-electron chi connectivity index (χ4n) is 2.14. The molecule has 0 aromatic heterocycles. The van der Waals surface area contributed by atoms with E-state index in [1.165, 1.54) is 10.4 Å². The van der Waals surface area contributed by atoms with Crippen molar-refractivity contribution in [3.63, 3.8) is 0 Å². The summed E-state index contributed by atoms with van der Waals surface area (Å²) in [4.78, 5) is 0.247. The molecule has 7 heteroatoms. The summed E-state index contributed by atoms with van der Waals surface area (Å²) < 4.78 is 32.0. The van der Waals surface area contributed by atoms with Crippen LogP contribution in [0.2, 0.25) is 5.02 Å². The average molecular weight is 319 g/mol. The lowest BCUT2D eigenvalue weighted by Crippen LogP contribution is -2.45. The molecule has 112 valence electrons. The number of sulfonamides is 1. The van der Waals surface area contributed by atoms with Crippen LogP contribution in [0.4, 0.5) is 0 Å². The van der Waals surface area contributed by atoms with Gasteiger partial charge in [-0.1, -0.05) is 17.7 Å². The van der Waals surface area contributed by atoms with Crippen LogP contribution in [0.3, 0.4) is 0 Å². The molecular weight excluding hydrogens is 300 g/mol. The van der Waals surface area contributed by atoms with E-state index < -0.39 is 10.0 Å². The summed E-state index contributed by atoms with van der Waals surface area (Å²) in [7, 11) is -1.99. The van der Waals surface area contributed by atoms with E-state index in [9.17, 15) is 8.42 Å². The van der Waals surface area contributed by atoms with Crippen molar-refractivity contribution in [1.82, 2.24) is 9.62 Å². The fourth-order valence-corrected chi connectivity index (χ4v) is 3.83. The van der Waals surface area contributed by atoms with E-state index in [0.29, 0.717) is 30.3 Å². The topological polar surface area (TPSA) is 58.6 Å². The Bertz CT molecular complexity index is 571. The predicted octanol–water partition coefficient (Wildman–Crippen LogP) is 1.26. The third-order valence-electron chi connectivity index (χ3n) is 3.30. The number of hydrogen-bond donors (Lipinski definition) is 1. The number of hydrogen-bond acceptors (Lipinski definition) is 4. The molecular formula is C13H19ClN2O3S. The van der Waals surface area contributed by atoms with Crippen molar-refractivity contribution in [3.8, 4) is 0 Å². The van der Waals surface area contributed by atoms with Crippen LogP contribution in [-0.4, -0.2) is 52.1 Å². The lowest BCUT2D eigenvalue weighted by molar-refractivity contribution is 0.0206. The molecule has 1 aliphatic rings. The quantitative estimate of drug-likeness (QED) is 0.908. The molecule has 20 heavy (non-hydrogen) atoms. The number of nitrogens with zero attached hydrogens (tertiary/aromatic N) is 1. The standard InChI is InChI=1S/C13H19ClN2O3S/c1-10-3-4-11(14)7-13(10)20(17,18)16(2)9-12-8-15-5-6-19-12/h3-4,7,12,15H,5-6,8-9H2,1-2H3. The molecule has 1 saturated heterocycles. The summed E-state index contributed by atoms with van der Waals surface area (Å²) in [5.74, 6) is 0. The Morgan fingerprint density at radius 2 is 2.25 bits per heavy atom. The number of likely N-dealkylation sites (N-methyl/N-ethyl adjacent to an activating group) is 1. The SMILES string of the molecule is Cc1ccc(Cl)cc1S(=O)(=O)N(C)CC1CNCCO1. The molecule has 2 rings (SSSR count). The zero-order chi connectivity index (χ0) is 14.8. The van der Waals surface area contributed by atoms with Crippen molar-refractivity contribution >= 4 is 21.6 Å². The van der Waals surface area contributed by atoms with Crippen LogP contribution >= 0.6 is 11.6 Å². The zero-order valence-electron chi connectivity index (χ0n) is 11.6. The molecule has 1 aliphatic heterocycles. The molecule has 1 unspecified atom stereocenters. The zero-order valence-corrected chi connectivity index (χ0v) is 13.2. The van der Waals surface area contributed by atoms with Gasteiger partial charge in [0, 0.05) is 31.7 Å². The second kappa shape index (κ2) is 6.41. The monoisotopic (exact) mass is 318 g/mol. The minimum absolute atomic E-state index is 0.122. The molecule has 1 heterocycles. The first-order valence-electron chi connectivity index (χ1n) is 6.46. The normalized spacial score (nSPS) is 20.3. The molecule has 0 radical (unpaired) electrons. The maximum absolute atomic E-state index is 12.6. The van der Waals surface area contributed by atoms with Crippen LogP contribution in [0.15, 0.2) is 23.1 Å². The van der Waals surface area contributed by atoms with E-state index in [1.54, 1.807) is 26.1 Å².